The number of nitrogens with one attached hydrogen (secondary N) is 1. The summed E-state index contributed by atoms with van der Waals surface area (Å²) in [5.74, 6) is 5.22. The van der Waals surface area contributed by atoms with Gasteiger partial charge in [0.15, 0.2) is 0 Å². The lowest BCUT2D eigenvalue weighted by atomic mass is 9.97. The van der Waals surface area contributed by atoms with Gasteiger partial charge in [-0.25, -0.2) is 0 Å². The molecule has 0 aromatic carbocycles. The van der Waals surface area contributed by atoms with Gasteiger partial charge in [-0.1, -0.05) is 32.6 Å². The van der Waals surface area contributed by atoms with Crippen LogP contribution in [0.25, 0.3) is 0 Å². The van der Waals surface area contributed by atoms with Crippen LogP contribution in [0.5, 0.6) is 0 Å². The number of amides is 1. The fraction of sp³-hybridized carbons (Fsp3) is 0.462. The third-order valence-corrected chi connectivity index (χ3v) is 2.87. The Balaban J connectivity index is 2.73. The lowest BCUT2D eigenvalue weighted by Gasteiger charge is -2.18. The molecule has 0 atom stereocenters. The quantitative estimate of drug-likeness (QED) is 0.788. The molecule has 0 aliphatic rings. The number of hydrogen-bond donors (Lipinski definition) is 2. The molecule has 1 rings (SSSR count). The minimum absolute atomic E-state index is 0.0594. The molecule has 2 N–H and O–H groups in total. The number of hydrogen-bond acceptors (Lipinski definition) is 3. The van der Waals surface area contributed by atoms with Crippen molar-refractivity contribution in [3.8, 4) is 11.8 Å². The van der Waals surface area contributed by atoms with Gasteiger partial charge in [0, 0.05) is 12.1 Å². The van der Waals surface area contributed by atoms with Crippen molar-refractivity contribution >= 4 is 17.2 Å². The summed E-state index contributed by atoms with van der Waals surface area (Å²) >= 11 is 1.36. The monoisotopic (exact) mass is 251 g/mol. The van der Waals surface area contributed by atoms with Gasteiger partial charge in [-0.05, 0) is 16.9 Å². The molecule has 1 aromatic rings. The maximum Gasteiger partial charge on any atom is 0.262 e. The fourth-order valence-corrected chi connectivity index (χ4v) is 1.91. The molecule has 0 saturated carbocycles. The first-order valence-corrected chi connectivity index (χ1v) is 6.27. The van der Waals surface area contributed by atoms with Crippen LogP contribution in [0.15, 0.2) is 11.4 Å². The van der Waals surface area contributed by atoms with E-state index in [0.29, 0.717) is 17.0 Å². The Morgan fingerprint density at radius 1 is 1.53 bits per heavy atom. The Morgan fingerprint density at radius 3 is 2.82 bits per heavy atom. The van der Waals surface area contributed by atoms with E-state index in [9.17, 15) is 4.79 Å². The molecule has 1 aromatic heterocycles. The van der Waals surface area contributed by atoms with Crippen molar-refractivity contribution in [2.45, 2.75) is 20.8 Å². The SMILES string of the molecule is CC(C)(C)CNC(=O)c1sccc1C#CCO. The second-order valence-corrected chi connectivity index (χ2v) is 5.78. The summed E-state index contributed by atoms with van der Waals surface area (Å²) in [6.45, 7) is 6.62. The average Bonchev–Trinajstić information content (AvgIpc) is 2.70. The lowest BCUT2D eigenvalue weighted by molar-refractivity contribution is 0.0943. The first-order chi connectivity index (χ1) is 7.94. The number of aliphatic hydroxyl groups excluding tert-OH is 1. The van der Waals surface area contributed by atoms with Crippen LogP contribution in [0, 0.1) is 17.3 Å². The molecule has 0 saturated heterocycles. The zero-order valence-corrected chi connectivity index (χ0v) is 11.1. The van der Waals surface area contributed by atoms with Gasteiger partial charge < -0.3 is 10.4 Å². The van der Waals surface area contributed by atoms with Gasteiger partial charge in [0.25, 0.3) is 5.91 Å². The van der Waals surface area contributed by atoms with Crippen molar-refractivity contribution in [2.75, 3.05) is 13.2 Å². The van der Waals surface area contributed by atoms with Crippen molar-refractivity contribution < 1.29 is 9.90 Å². The summed E-state index contributed by atoms with van der Waals surface area (Å²) in [5.41, 5.74) is 0.736. The van der Waals surface area contributed by atoms with Gasteiger partial charge in [-0.3, -0.25) is 4.79 Å². The Morgan fingerprint density at radius 2 is 2.24 bits per heavy atom. The summed E-state index contributed by atoms with van der Waals surface area (Å²) in [6, 6.07) is 1.79. The van der Waals surface area contributed by atoms with E-state index in [-0.39, 0.29) is 17.9 Å². The van der Waals surface area contributed by atoms with Crippen LogP contribution >= 0.6 is 11.3 Å². The lowest BCUT2D eigenvalue weighted by Crippen LogP contribution is -2.32. The van der Waals surface area contributed by atoms with Crippen LogP contribution in [0.4, 0.5) is 0 Å². The fourth-order valence-electron chi connectivity index (χ4n) is 1.14. The molecule has 0 aliphatic heterocycles. The molecule has 4 heteroatoms. The van der Waals surface area contributed by atoms with Crippen molar-refractivity contribution in [1.29, 1.82) is 0 Å². The molecule has 17 heavy (non-hydrogen) atoms. The molecule has 0 unspecified atom stereocenters. The van der Waals surface area contributed by atoms with E-state index in [4.69, 9.17) is 5.11 Å². The van der Waals surface area contributed by atoms with E-state index < -0.39 is 0 Å². The predicted molar refractivity (Wildman–Crippen MR) is 70.1 cm³/mol. The molecular formula is C13H17NO2S. The Bertz CT molecular complexity index is 446. The molecule has 0 fully saturated rings. The number of carbonyl (C=O) groups excluding carboxylic acids is 1. The topological polar surface area (TPSA) is 49.3 Å². The summed E-state index contributed by atoms with van der Waals surface area (Å²) < 4.78 is 0. The molecule has 0 spiro atoms. The van der Waals surface area contributed by atoms with Gasteiger partial charge in [-0.15, -0.1) is 11.3 Å². The average molecular weight is 251 g/mol. The van der Waals surface area contributed by atoms with Crippen molar-refractivity contribution in [3.05, 3.63) is 21.9 Å². The molecule has 1 heterocycles. The highest BCUT2D eigenvalue weighted by molar-refractivity contribution is 7.12. The van der Waals surface area contributed by atoms with Crippen LogP contribution in [-0.2, 0) is 0 Å². The first-order valence-electron chi connectivity index (χ1n) is 5.39. The third kappa shape index (κ3) is 4.59. The van der Waals surface area contributed by atoms with Gasteiger partial charge in [0.05, 0.1) is 0 Å². The van der Waals surface area contributed by atoms with Gasteiger partial charge in [-0.2, -0.15) is 0 Å². The van der Waals surface area contributed by atoms with E-state index in [1.807, 2.05) is 5.38 Å². The van der Waals surface area contributed by atoms with Gasteiger partial charge in [0.1, 0.15) is 11.5 Å². The summed E-state index contributed by atoms with van der Waals surface area (Å²) in [5, 5.41) is 13.3. The minimum atomic E-state index is -0.196. The van der Waals surface area contributed by atoms with E-state index in [0.717, 1.165) is 0 Å². The molecule has 1 amide bonds. The highest BCUT2D eigenvalue weighted by atomic mass is 32.1. The Labute approximate surface area is 106 Å². The second-order valence-electron chi connectivity index (χ2n) is 4.87. The number of rotatable bonds is 2. The smallest absolute Gasteiger partial charge is 0.262 e. The third-order valence-electron chi connectivity index (χ3n) is 1.95. The zero-order valence-electron chi connectivity index (χ0n) is 10.3. The molecule has 92 valence electrons. The van der Waals surface area contributed by atoms with Crippen molar-refractivity contribution in [1.82, 2.24) is 5.32 Å². The van der Waals surface area contributed by atoms with Crippen LogP contribution in [0.1, 0.15) is 36.0 Å². The molecule has 0 aliphatic carbocycles. The highest BCUT2D eigenvalue weighted by Crippen LogP contribution is 2.17. The number of thiophene rings is 1. The molecular weight excluding hydrogens is 234 g/mol. The summed E-state index contributed by atoms with van der Waals surface area (Å²) in [6.07, 6.45) is 0. The van der Waals surface area contributed by atoms with E-state index >= 15 is 0 Å². The van der Waals surface area contributed by atoms with Crippen LogP contribution < -0.4 is 5.32 Å². The van der Waals surface area contributed by atoms with Gasteiger partial charge in [0.2, 0.25) is 0 Å². The maximum atomic E-state index is 11.9. The van der Waals surface area contributed by atoms with E-state index in [1.54, 1.807) is 6.07 Å². The maximum absolute atomic E-state index is 11.9. The zero-order chi connectivity index (χ0) is 12.9. The van der Waals surface area contributed by atoms with Crippen LogP contribution in [0.3, 0.4) is 0 Å². The van der Waals surface area contributed by atoms with Crippen LogP contribution in [0.2, 0.25) is 0 Å². The standard InChI is InChI=1S/C13H17NO2S/c1-13(2,3)9-14-12(16)11-10(5-4-7-15)6-8-17-11/h6,8,15H,7,9H2,1-3H3,(H,14,16). The Hall–Kier alpha value is -1.31. The first kappa shape index (κ1) is 13.8. The van der Waals surface area contributed by atoms with Gasteiger partial charge >= 0.3 is 0 Å². The molecule has 3 nitrogen and oxygen atoms in total. The van der Waals surface area contributed by atoms with Crippen molar-refractivity contribution in [3.63, 3.8) is 0 Å². The Kier molecular flexibility index (Phi) is 4.73. The highest BCUT2D eigenvalue weighted by Gasteiger charge is 2.15. The number of aliphatic hydroxyl groups is 1. The van der Waals surface area contributed by atoms with E-state index in [2.05, 4.69) is 37.9 Å². The largest absolute Gasteiger partial charge is 0.384 e. The predicted octanol–water partition coefficient (Wildman–Crippen LogP) is 1.87. The molecule has 0 bridgehead atoms. The summed E-state index contributed by atoms with van der Waals surface area (Å²) in [7, 11) is 0. The number of carbonyl (C=O) groups is 1. The van der Waals surface area contributed by atoms with E-state index in [1.165, 1.54) is 11.3 Å². The normalized spacial score (nSPS) is 10.6. The van der Waals surface area contributed by atoms with Crippen molar-refractivity contribution in [2.24, 2.45) is 5.41 Å². The molecule has 0 radical (unpaired) electrons. The second kappa shape index (κ2) is 5.85. The summed E-state index contributed by atoms with van der Waals surface area (Å²) in [4.78, 5) is 12.5. The minimum Gasteiger partial charge on any atom is -0.384 e. The van der Waals surface area contributed by atoms with Crippen LogP contribution in [-0.4, -0.2) is 24.2 Å².